The second-order valence-corrected chi connectivity index (χ2v) is 4.74. The van der Waals surface area contributed by atoms with Crippen molar-refractivity contribution in [2.75, 3.05) is 19.8 Å². The minimum Gasteiger partial charge on any atom is -0.493 e. The lowest BCUT2D eigenvalue weighted by Gasteiger charge is -2.14. The summed E-state index contributed by atoms with van der Waals surface area (Å²) in [6.45, 7) is 6.16. The topological polar surface area (TPSA) is 38.7 Å². The van der Waals surface area contributed by atoms with Gasteiger partial charge in [-0.3, -0.25) is 0 Å². The van der Waals surface area contributed by atoms with Gasteiger partial charge in [-0.15, -0.1) is 0 Å². The zero-order valence-electron chi connectivity index (χ0n) is 10.5. The summed E-state index contributed by atoms with van der Waals surface area (Å²) in [6, 6.07) is 5.83. The molecule has 1 fully saturated rings. The summed E-state index contributed by atoms with van der Waals surface area (Å²) in [7, 11) is 0. The highest BCUT2D eigenvalue weighted by Gasteiger charge is 2.16. The number of benzene rings is 1. The molecule has 3 heteroatoms. The summed E-state index contributed by atoms with van der Waals surface area (Å²) in [6.07, 6.45) is 0.663. The van der Waals surface area contributed by atoms with Crippen molar-refractivity contribution in [1.82, 2.24) is 0 Å². The predicted molar refractivity (Wildman–Crippen MR) is 66.2 cm³/mol. The van der Waals surface area contributed by atoms with Gasteiger partial charge in [0.1, 0.15) is 5.75 Å². The Balaban J connectivity index is 1.96. The molecule has 1 aliphatic rings. The molecule has 1 aliphatic heterocycles. The van der Waals surface area contributed by atoms with Crippen LogP contribution in [0.25, 0.3) is 0 Å². The Morgan fingerprint density at radius 1 is 1.53 bits per heavy atom. The van der Waals surface area contributed by atoms with Gasteiger partial charge < -0.3 is 14.6 Å². The molecule has 17 heavy (non-hydrogen) atoms. The summed E-state index contributed by atoms with van der Waals surface area (Å²) >= 11 is 0. The maximum atomic E-state index is 9.48. The first-order valence-corrected chi connectivity index (χ1v) is 6.16. The van der Waals surface area contributed by atoms with Crippen molar-refractivity contribution < 1.29 is 14.6 Å². The maximum Gasteiger partial charge on any atom is 0.122 e. The molecule has 2 atom stereocenters. The van der Waals surface area contributed by atoms with Gasteiger partial charge in [-0.25, -0.2) is 0 Å². The second-order valence-electron chi connectivity index (χ2n) is 4.74. The van der Waals surface area contributed by atoms with Crippen molar-refractivity contribution in [3.63, 3.8) is 0 Å². The van der Waals surface area contributed by atoms with E-state index in [9.17, 15) is 5.11 Å². The first-order valence-electron chi connectivity index (χ1n) is 6.16. The molecule has 0 saturated carbocycles. The minimum absolute atomic E-state index is 0.425. The smallest absolute Gasteiger partial charge is 0.122 e. The molecule has 0 bridgehead atoms. The molecular formula is C14H20O3. The van der Waals surface area contributed by atoms with Crippen LogP contribution in [0.2, 0.25) is 0 Å². The Hall–Kier alpha value is -1.06. The van der Waals surface area contributed by atoms with E-state index in [0.717, 1.165) is 43.1 Å². The third kappa shape index (κ3) is 3.20. The van der Waals surface area contributed by atoms with Crippen molar-refractivity contribution in [2.24, 2.45) is 5.92 Å². The van der Waals surface area contributed by atoms with Crippen LogP contribution in [0.4, 0.5) is 0 Å². The molecule has 94 valence electrons. The van der Waals surface area contributed by atoms with Crippen LogP contribution in [-0.4, -0.2) is 24.9 Å². The maximum absolute atomic E-state index is 9.48. The van der Waals surface area contributed by atoms with Crippen LogP contribution < -0.4 is 4.74 Å². The van der Waals surface area contributed by atoms with Crippen molar-refractivity contribution >= 4 is 0 Å². The summed E-state index contributed by atoms with van der Waals surface area (Å²) in [5.41, 5.74) is 2.00. The Kier molecular flexibility index (Phi) is 4.02. The molecule has 0 aliphatic carbocycles. The molecule has 1 unspecified atom stereocenters. The predicted octanol–water partition coefficient (Wildman–Crippen LogP) is 2.46. The van der Waals surface area contributed by atoms with Gasteiger partial charge in [0.2, 0.25) is 0 Å². The van der Waals surface area contributed by atoms with Gasteiger partial charge >= 0.3 is 0 Å². The van der Waals surface area contributed by atoms with E-state index in [2.05, 4.69) is 0 Å². The molecule has 2 rings (SSSR count). The fraction of sp³-hybridized carbons (Fsp3) is 0.571. The summed E-state index contributed by atoms with van der Waals surface area (Å²) in [5.74, 6) is 1.42. The zero-order chi connectivity index (χ0) is 12.3. The summed E-state index contributed by atoms with van der Waals surface area (Å²) in [4.78, 5) is 0. The third-order valence-corrected chi connectivity index (χ3v) is 3.18. The molecule has 1 aromatic rings. The average molecular weight is 236 g/mol. The molecular weight excluding hydrogens is 216 g/mol. The number of ether oxygens (including phenoxy) is 2. The van der Waals surface area contributed by atoms with Gasteiger partial charge in [0, 0.05) is 12.5 Å². The Bertz CT molecular complexity index is 368. The summed E-state index contributed by atoms with van der Waals surface area (Å²) in [5, 5.41) is 9.48. The highest BCUT2D eigenvalue weighted by molar-refractivity contribution is 5.36. The number of rotatable bonds is 4. The van der Waals surface area contributed by atoms with Crippen LogP contribution in [0.15, 0.2) is 18.2 Å². The number of aliphatic hydroxyl groups is 1. The molecule has 3 nitrogen and oxygen atoms in total. The van der Waals surface area contributed by atoms with Crippen LogP contribution in [0.1, 0.15) is 30.6 Å². The average Bonchev–Trinajstić information content (AvgIpc) is 2.80. The van der Waals surface area contributed by atoms with Gasteiger partial charge in [0.25, 0.3) is 0 Å². The Morgan fingerprint density at radius 3 is 2.94 bits per heavy atom. The van der Waals surface area contributed by atoms with E-state index in [1.54, 1.807) is 6.92 Å². The van der Waals surface area contributed by atoms with Crippen molar-refractivity contribution in [3.8, 4) is 5.75 Å². The number of hydrogen-bond donors (Lipinski definition) is 1. The lowest BCUT2D eigenvalue weighted by Crippen LogP contribution is -2.12. The van der Waals surface area contributed by atoms with E-state index < -0.39 is 6.10 Å². The molecule has 1 N–H and O–H groups in total. The quantitative estimate of drug-likeness (QED) is 0.872. The lowest BCUT2D eigenvalue weighted by atomic mass is 10.1. The molecule has 0 aromatic heterocycles. The second kappa shape index (κ2) is 5.52. The van der Waals surface area contributed by atoms with Gasteiger partial charge in [-0.05, 0) is 43.5 Å². The van der Waals surface area contributed by atoms with Crippen molar-refractivity contribution in [3.05, 3.63) is 29.3 Å². The van der Waals surface area contributed by atoms with E-state index in [-0.39, 0.29) is 0 Å². The van der Waals surface area contributed by atoms with Gasteiger partial charge in [-0.1, -0.05) is 6.07 Å². The monoisotopic (exact) mass is 236 g/mol. The number of hydrogen-bond acceptors (Lipinski definition) is 3. The largest absolute Gasteiger partial charge is 0.493 e. The van der Waals surface area contributed by atoms with Gasteiger partial charge in [-0.2, -0.15) is 0 Å². The van der Waals surface area contributed by atoms with Gasteiger partial charge in [0.15, 0.2) is 0 Å². The Morgan fingerprint density at radius 2 is 2.35 bits per heavy atom. The molecule has 1 heterocycles. The fourth-order valence-corrected chi connectivity index (χ4v) is 2.02. The van der Waals surface area contributed by atoms with Crippen LogP contribution >= 0.6 is 0 Å². The van der Waals surface area contributed by atoms with Gasteiger partial charge in [0.05, 0.1) is 19.3 Å². The number of aryl methyl sites for hydroxylation is 1. The van der Waals surface area contributed by atoms with E-state index in [4.69, 9.17) is 9.47 Å². The van der Waals surface area contributed by atoms with Crippen molar-refractivity contribution in [2.45, 2.75) is 26.4 Å². The highest BCUT2D eigenvalue weighted by Crippen LogP contribution is 2.24. The van der Waals surface area contributed by atoms with E-state index in [1.165, 1.54) is 0 Å². The number of aliphatic hydroxyl groups excluding tert-OH is 1. The van der Waals surface area contributed by atoms with Crippen LogP contribution in [0.5, 0.6) is 5.75 Å². The molecule has 0 amide bonds. The molecule has 1 aromatic carbocycles. The van der Waals surface area contributed by atoms with Crippen LogP contribution in [0, 0.1) is 12.8 Å². The molecule has 0 spiro atoms. The zero-order valence-corrected chi connectivity index (χ0v) is 10.5. The highest BCUT2D eigenvalue weighted by atomic mass is 16.5. The molecule has 1 saturated heterocycles. The van der Waals surface area contributed by atoms with Crippen molar-refractivity contribution in [1.29, 1.82) is 0 Å². The first kappa shape index (κ1) is 12.4. The third-order valence-electron chi connectivity index (χ3n) is 3.18. The fourth-order valence-electron chi connectivity index (χ4n) is 2.02. The van der Waals surface area contributed by atoms with E-state index >= 15 is 0 Å². The normalized spacial score (nSPS) is 21.5. The first-order chi connectivity index (χ1) is 8.16. The van der Waals surface area contributed by atoms with Crippen LogP contribution in [0.3, 0.4) is 0 Å². The standard InChI is InChI=1S/C14H20O3/c1-10-7-13(11(2)15)3-4-14(10)17-9-12-5-6-16-8-12/h3-4,7,11-12,15H,5-6,8-9H2,1-2H3/t11-,12?/m0/s1. The van der Waals surface area contributed by atoms with E-state index in [0.29, 0.717) is 5.92 Å². The Labute approximate surface area is 102 Å². The summed E-state index contributed by atoms with van der Waals surface area (Å²) < 4.78 is 11.1. The lowest BCUT2D eigenvalue weighted by molar-refractivity contribution is 0.166. The SMILES string of the molecule is Cc1cc([C@H](C)O)ccc1OCC1CCOC1. The minimum atomic E-state index is -0.425. The van der Waals surface area contributed by atoms with E-state index in [1.807, 2.05) is 25.1 Å². The van der Waals surface area contributed by atoms with Crippen LogP contribution in [-0.2, 0) is 4.74 Å². The molecule has 0 radical (unpaired) electrons.